The van der Waals surface area contributed by atoms with Crippen LogP contribution in [0.3, 0.4) is 0 Å². The number of hydrogen-bond acceptors (Lipinski definition) is 4. The monoisotopic (exact) mass is 423 g/mol. The van der Waals surface area contributed by atoms with Crippen molar-refractivity contribution >= 4 is 17.5 Å². The molecule has 0 unspecified atom stereocenters. The maximum atomic E-state index is 12.7. The number of fused-ring (bicyclic) bond motifs is 1. The van der Waals surface area contributed by atoms with E-state index in [9.17, 15) is 9.59 Å². The van der Waals surface area contributed by atoms with Crippen LogP contribution in [0, 0.1) is 0 Å². The number of amides is 2. The van der Waals surface area contributed by atoms with Gasteiger partial charge in [-0.15, -0.1) is 0 Å². The number of carbonyl (C=O) groups is 2. The molecule has 2 atom stereocenters. The zero-order valence-electron chi connectivity index (χ0n) is 18.6. The maximum absolute atomic E-state index is 12.7. The van der Waals surface area contributed by atoms with E-state index in [-0.39, 0.29) is 24.3 Å². The Morgan fingerprint density at radius 3 is 2.65 bits per heavy atom. The van der Waals surface area contributed by atoms with Gasteiger partial charge in [-0.3, -0.25) is 9.59 Å². The highest BCUT2D eigenvalue weighted by Crippen LogP contribution is 2.21. The number of anilines is 1. The molecule has 0 saturated carbocycles. The Labute approximate surface area is 184 Å². The molecular weight excluding hydrogens is 390 g/mol. The van der Waals surface area contributed by atoms with Gasteiger partial charge in [0.25, 0.3) is 0 Å². The number of carbonyl (C=O) groups excluding carboxylic acids is 2. The molecule has 166 valence electrons. The van der Waals surface area contributed by atoms with E-state index in [1.165, 1.54) is 0 Å². The molecule has 1 aliphatic rings. The lowest BCUT2D eigenvalue weighted by Gasteiger charge is -2.28. The van der Waals surface area contributed by atoms with Crippen molar-refractivity contribution in [1.82, 2.24) is 10.6 Å². The molecule has 2 aromatic rings. The average molecular weight is 424 g/mol. The first-order valence-corrected chi connectivity index (χ1v) is 10.9. The Kier molecular flexibility index (Phi) is 7.82. The quantitative estimate of drug-likeness (QED) is 0.577. The van der Waals surface area contributed by atoms with Crippen molar-refractivity contribution in [3.63, 3.8) is 0 Å². The summed E-state index contributed by atoms with van der Waals surface area (Å²) in [4.78, 5) is 25.2. The van der Waals surface area contributed by atoms with E-state index in [1.54, 1.807) is 0 Å². The van der Waals surface area contributed by atoms with Crippen molar-refractivity contribution in [2.75, 3.05) is 11.9 Å². The average Bonchev–Trinajstić information content (AvgIpc) is 2.90. The summed E-state index contributed by atoms with van der Waals surface area (Å²) < 4.78 is 5.89. The van der Waals surface area contributed by atoms with Crippen LogP contribution in [0.25, 0.3) is 0 Å². The van der Waals surface area contributed by atoms with Gasteiger partial charge in [0.05, 0.1) is 12.7 Å². The van der Waals surface area contributed by atoms with Crippen molar-refractivity contribution in [2.24, 2.45) is 0 Å². The number of aryl methyl sites for hydroxylation is 1. The van der Waals surface area contributed by atoms with Gasteiger partial charge in [0.15, 0.2) is 0 Å². The predicted octanol–water partition coefficient (Wildman–Crippen LogP) is 3.42. The zero-order chi connectivity index (χ0) is 22.3. The molecule has 6 heteroatoms. The van der Waals surface area contributed by atoms with Gasteiger partial charge in [-0.1, -0.05) is 48.5 Å². The third-order valence-electron chi connectivity index (χ3n) is 5.48. The second-order valence-corrected chi connectivity index (χ2v) is 8.85. The Morgan fingerprint density at radius 2 is 1.87 bits per heavy atom. The number of hydrogen-bond donors (Lipinski definition) is 3. The van der Waals surface area contributed by atoms with Gasteiger partial charge in [-0.2, -0.15) is 0 Å². The molecule has 0 spiro atoms. The summed E-state index contributed by atoms with van der Waals surface area (Å²) in [5, 5.41) is 9.25. The SMILES string of the molecule is C[C@H](CNC(C)(C)CC(=O)N[C@@H]1CCc2ccccc2NC1=O)OCc1ccccc1. The molecule has 0 aromatic heterocycles. The minimum absolute atomic E-state index is 0.00804. The van der Waals surface area contributed by atoms with Crippen LogP contribution in [-0.2, 0) is 27.4 Å². The van der Waals surface area contributed by atoms with Crippen LogP contribution < -0.4 is 16.0 Å². The topological polar surface area (TPSA) is 79.5 Å². The number of benzene rings is 2. The first kappa shape index (κ1) is 23.0. The molecule has 0 radical (unpaired) electrons. The molecule has 2 aromatic carbocycles. The number of ether oxygens (including phenoxy) is 1. The second-order valence-electron chi connectivity index (χ2n) is 8.85. The summed E-state index contributed by atoms with van der Waals surface area (Å²) in [7, 11) is 0. The Bertz CT molecular complexity index is 883. The molecule has 0 aliphatic carbocycles. The number of para-hydroxylation sites is 1. The minimum Gasteiger partial charge on any atom is -0.373 e. The normalized spacial score (nSPS) is 17.3. The summed E-state index contributed by atoms with van der Waals surface area (Å²) in [6.07, 6.45) is 1.62. The summed E-state index contributed by atoms with van der Waals surface area (Å²) in [5.74, 6) is -0.298. The zero-order valence-corrected chi connectivity index (χ0v) is 18.6. The Morgan fingerprint density at radius 1 is 1.16 bits per heavy atom. The van der Waals surface area contributed by atoms with Gasteiger partial charge in [-0.05, 0) is 50.8 Å². The van der Waals surface area contributed by atoms with Crippen LogP contribution in [0.4, 0.5) is 5.69 Å². The van der Waals surface area contributed by atoms with Crippen molar-refractivity contribution in [3.05, 3.63) is 65.7 Å². The van der Waals surface area contributed by atoms with Crippen LogP contribution in [-0.4, -0.2) is 36.0 Å². The van der Waals surface area contributed by atoms with Crippen LogP contribution >= 0.6 is 0 Å². The molecule has 1 aliphatic heterocycles. The van der Waals surface area contributed by atoms with E-state index in [0.29, 0.717) is 19.6 Å². The van der Waals surface area contributed by atoms with Crippen molar-refractivity contribution in [2.45, 2.75) is 64.3 Å². The minimum atomic E-state index is -0.524. The molecule has 31 heavy (non-hydrogen) atoms. The first-order chi connectivity index (χ1) is 14.8. The molecule has 3 rings (SSSR count). The number of rotatable bonds is 9. The van der Waals surface area contributed by atoms with Crippen LogP contribution in [0.15, 0.2) is 54.6 Å². The second kappa shape index (κ2) is 10.6. The Hall–Kier alpha value is -2.70. The highest BCUT2D eigenvalue weighted by atomic mass is 16.5. The lowest BCUT2D eigenvalue weighted by Crippen LogP contribution is -2.49. The summed E-state index contributed by atoms with van der Waals surface area (Å²) in [6.45, 7) is 7.18. The van der Waals surface area contributed by atoms with E-state index in [2.05, 4.69) is 16.0 Å². The molecular formula is C25H33N3O3. The van der Waals surface area contributed by atoms with Crippen molar-refractivity contribution in [3.8, 4) is 0 Å². The standard InChI is InChI=1S/C25H33N3O3/c1-18(31-17-19-9-5-4-6-10-19)16-26-25(2,3)15-23(29)27-22-14-13-20-11-7-8-12-21(20)28-24(22)30/h4-12,18,22,26H,13-17H2,1-3H3,(H,27,29)(H,28,30)/t18-,22-/m1/s1. The fraction of sp³-hybridized carbons (Fsp3) is 0.440. The largest absolute Gasteiger partial charge is 0.373 e. The summed E-state index contributed by atoms with van der Waals surface area (Å²) >= 11 is 0. The van der Waals surface area contributed by atoms with E-state index in [0.717, 1.165) is 23.2 Å². The van der Waals surface area contributed by atoms with E-state index >= 15 is 0 Å². The maximum Gasteiger partial charge on any atom is 0.246 e. The van der Waals surface area contributed by atoms with Gasteiger partial charge >= 0.3 is 0 Å². The van der Waals surface area contributed by atoms with E-state index < -0.39 is 11.6 Å². The molecule has 3 N–H and O–H groups in total. The van der Waals surface area contributed by atoms with Gasteiger partial charge in [0.1, 0.15) is 6.04 Å². The molecule has 0 bridgehead atoms. The fourth-order valence-corrected chi connectivity index (χ4v) is 3.65. The third-order valence-corrected chi connectivity index (χ3v) is 5.48. The lowest BCUT2D eigenvalue weighted by atomic mass is 9.99. The molecule has 6 nitrogen and oxygen atoms in total. The van der Waals surface area contributed by atoms with E-state index in [4.69, 9.17) is 4.74 Å². The lowest BCUT2D eigenvalue weighted by molar-refractivity contribution is -0.127. The highest BCUT2D eigenvalue weighted by Gasteiger charge is 2.28. The predicted molar refractivity (Wildman–Crippen MR) is 123 cm³/mol. The van der Waals surface area contributed by atoms with Crippen LogP contribution in [0.1, 0.15) is 44.7 Å². The van der Waals surface area contributed by atoms with Crippen LogP contribution in [0.5, 0.6) is 0 Å². The van der Waals surface area contributed by atoms with Gasteiger partial charge in [0.2, 0.25) is 11.8 Å². The molecule has 0 saturated heterocycles. The fourth-order valence-electron chi connectivity index (χ4n) is 3.65. The van der Waals surface area contributed by atoms with Gasteiger partial charge in [-0.25, -0.2) is 0 Å². The van der Waals surface area contributed by atoms with Gasteiger partial charge < -0.3 is 20.7 Å². The first-order valence-electron chi connectivity index (χ1n) is 10.9. The molecule has 2 amide bonds. The smallest absolute Gasteiger partial charge is 0.246 e. The van der Waals surface area contributed by atoms with Crippen molar-refractivity contribution in [1.29, 1.82) is 0 Å². The van der Waals surface area contributed by atoms with Crippen molar-refractivity contribution < 1.29 is 14.3 Å². The highest BCUT2D eigenvalue weighted by molar-refractivity contribution is 5.98. The Balaban J connectivity index is 1.43. The third kappa shape index (κ3) is 7.19. The molecule has 0 fully saturated rings. The van der Waals surface area contributed by atoms with E-state index in [1.807, 2.05) is 75.4 Å². The molecule has 1 heterocycles. The summed E-state index contributed by atoms with van der Waals surface area (Å²) in [6, 6.07) is 17.3. The van der Waals surface area contributed by atoms with Crippen LogP contribution in [0.2, 0.25) is 0 Å². The number of nitrogens with one attached hydrogen (secondary N) is 3. The van der Waals surface area contributed by atoms with Gasteiger partial charge in [0, 0.05) is 24.2 Å². The summed E-state index contributed by atoms with van der Waals surface area (Å²) in [5.41, 5.74) is 2.64.